The maximum Gasteiger partial charge on any atom is 0.274 e. The highest BCUT2D eigenvalue weighted by molar-refractivity contribution is 5.94. The van der Waals surface area contributed by atoms with Gasteiger partial charge in [-0.05, 0) is 18.6 Å². The molecule has 5 nitrogen and oxygen atoms in total. The molecule has 0 bridgehead atoms. The molecule has 0 atom stereocenters. The fourth-order valence-electron chi connectivity index (χ4n) is 2.25. The van der Waals surface area contributed by atoms with Gasteiger partial charge in [0.05, 0.1) is 35.9 Å². The minimum Gasteiger partial charge on any atom is -0.386 e. The van der Waals surface area contributed by atoms with Crippen LogP contribution in [0.15, 0.2) is 30.5 Å². The van der Waals surface area contributed by atoms with Gasteiger partial charge in [-0.1, -0.05) is 19.1 Å². The summed E-state index contributed by atoms with van der Waals surface area (Å²) in [5.41, 5.74) is 1.09. The van der Waals surface area contributed by atoms with Crippen molar-refractivity contribution < 1.29 is 9.90 Å². The normalized spacial score (nSPS) is 17.3. The lowest BCUT2D eigenvalue weighted by atomic mass is 9.91. The van der Waals surface area contributed by atoms with Crippen LogP contribution in [0.3, 0.4) is 0 Å². The molecule has 1 fully saturated rings. The number of fused-ring (bicyclic) bond motifs is 1. The van der Waals surface area contributed by atoms with Crippen LogP contribution in [0.4, 0.5) is 0 Å². The van der Waals surface area contributed by atoms with Crippen LogP contribution in [-0.4, -0.2) is 44.6 Å². The van der Waals surface area contributed by atoms with Gasteiger partial charge in [-0.2, -0.15) is 0 Å². The fourth-order valence-corrected chi connectivity index (χ4v) is 2.25. The lowest BCUT2D eigenvalue weighted by Crippen LogP contribution is -2.63. The van der Waals surface area contributed by atoms with Gasteiger partial charge in [-0.25, -0.2) is 4.98 Å². The van der Waals surface area contributed by atoms with Crippen LogP contribution in [0, 0.1) is 0 Å². The molecule has 1 amide bonds. The zero-order valence-electron chi connectivity index (χ0n) is 10.7. The maximum absolute atomic E-state index is 12.2. The largest absolute Gasteiger partial charge is 0.386 e. The van der Waals surface area contributed by atoms with E-state index in [2.05, 4.69) is 9.97 Å². The number of amides is 1. The van der Waals surface area contributed by atoms with Crippen LogP contribution in [0.25, 0.3) is 11.0 Å². The quantitative estimate of drug-likeness (QED) is 0.878. The average Bonchev–Trinajstić information content (AvgIpc) is 2.42. The summed E-state index contributed by atoms with van der Waals surface area (Å²) in [5.74, 6) is -0.170. The molecule has 0 aliphatic carbocycles. The number of nitrogens with zero attached hydrogens (tertiary/aromatic N) is 3. The standard InChI is InChI=1S/C14H15N3O2/c1-2-14(19)8-17(9-14)13(18)12-7-15-10-5-3-4-6-11(10)16-12/h3-7,19H,2,8-9H2,1H3. The summed E-state index contributed by atoms with van der Waals surface area (Å²) >= 11 is 0. The maximum atomic E-state index is 12.2. The number of carbonyl (C=O) groups is 1. The molecule has 2 aromatic rings. The van der Waals surface area contributed by atoms with Gasteiger partial charge in [-0.15, -0.1) is 0 Å². The average molecular weight is 257 g/mol. The summed E-state index contributed by atoms with van der Waals surface area (Å²) in [6.45, 7) is 2.66. The third-order valence-corrected chi connectivity index (χ3v) is 3.58. The molecule has 1 saturated heterocycles. The van der Waals surface area contributed by atoms with Crippen LogP contribution in [0.1, 0.15) is 23.8 Å². The van der Waals surface area contributed by atoms with E-state index in [1.165, 1.54) is 6.20 Å². The third-order valence-electron chi connectivity index (χ3n) is 3.58. The van der Waals surface area contributed by atoms with E-state index in [1.54, 1.807) is 4.90 Å². The number of hydrogen-bond donors (Lipinski definition) is 1. The number of aliphatic hydroxyl groups is 1. The van der Waals surface area contributed by atoms with Crippen molar-refractivity contribution in [3.8, 4) is 0 Å². The number of hydrogen-bond acceptors (Lipinski definition) is 4. The molecule has 0 unspecified atom stereocenters. The molecule has 1 aliphatic heterocycles. The number of carbonyl (C=O) groups excluding carboxylic acids is 1. The van der Waals surface area contributed by atoms with Gasteiger partial charge in [0, 0.05) is 0 Å². The van der Waals surface area contributed by atoms with E-state index in [1.807, 2.05) is 31.2 Å². The lowest BCUT2D eigenvalue weighted by Gasteiger charge is -2.45. The van der Waals surface area contributed by atoms with E-state index in [-0.39, 0.29) is 5.91 Å². The molecule has 19 heavy (non-hydrogen) atoms. The van der Waals surface area contributed by atoms with E-state index >= 15 is 0 Å². The van der Waals surface area contributed by atoms with Crippen LogP contribution in [-0.2, 0) is 0 Å². The highest BCUT2D eigenvalue weighted by atomic mass is 16.3. The zero-order chi connectivity index (χ0) is 13.5. The van der Waals surface area contributed by atoms with Crippen molar-refractivity contribution in [3.05, 3.63) is 36.2 Å². The van der Waals surface area contributed by atoms with E-state index in [0.29, 0.717) is 30.7 Å². The molecular formula is C14H15N3O2. The second-order valence-electron chi connectivity index (χ2n) is 4.98. The van der Waals surface area contributed by atoms with Crippen molar-refractivity contribution in [2.45, 2.75) is 18.9 Å². The summed E-state index contributed by atoms with van der Waals surface area (Å²) in [7, 11) is 0. The second kappa shape index (κ2) is 4.28. The first-order chi connectivity index (χ1) is 9.11. The van der Waals surface area contributed by atoms with Crippen molar-refractivity contribution in [2.24, 2.45) is 0 Å². The SMILES string of the molecule is CCC1(O)CN(C(=O)c2cnc3ccccc3n2)C1. The molecule has 1 aliphatic rings. The van der Waals surface area contributed by atoms with Gasteiger partial charge in [0.15, 0.2) is 0 Å². The molecule has 0 radical (unpaired) electrons. The highest BCUT2D eigenvalue weighted by Crippen LogP contribution is 2.25. The minimum atomic E-state index is -0.722. The Balaban J connectivity index is 1.83. The highest BCUT2D eigenvalue weighted by Gasteiger charge is 2.42. The number of para-hydroxylation sites is 2. The van der Waals surface area contributed by atoms with Crippen LogP contribution in [0.5, 0.6) is 0 Å². The number of rotatable bonds is 2. The van der Waals surface area contributed by atoms with Gasteiger partial charge < -0.3 is 10.0 Å². The first-order valence-electron chi connectivity index (χ1n) is 6.35. The molecule has 1 aromatic carbocycles. The Kier molecular flexibility index (Phi) is 2.71. The molecule has 0 spiro atoms. The van der Waals surface area contributed by atoms with Crippen LogP contribution >= 0.6 is 0 Å². The minimum absolute atomic E-state index is 0.170. The Morgan fingerprint density at radius 3 is 2.74 bits per heavy atom. The molecule has 5 heteroatoms. The summed E-state index contributed by atoms with van der Waals surface area (Å²) < 4.78 is 0. The Bertz CT molecular complexity index is 635. The first-order valence-corrected chi connectivity index (χ1v) is 6.35. The molecular weight excluding hydrogens is 242 g/mol. The zero-order valence-corrected chi connectivity index (χ0v) is 10.7. The Morgan fingerprint density at radius 2 is 2.05 bits per heavy atom. The van der Waals surface area contributed by atoms with Crippen molar-refractivity contribution in [1.29, 1.82) is 0 Å². The smallest absolute Gasteiger partial charge is 0.274 e. The Hall–Kier alpha value is -2.01. The predicted octanol–water partition coefficient (Wildman–Crippen LogP) is 1.23. The molecule has 98 valence electrons. The lowest BCUT2D eigenvalue weighted by molar-refractivity contribution is -0.0828. The topological polar surface area (TPSA) is 66.3 Å². The number of benzene rings is 1. The number of aromatic nitrogens is 2. The summed E-state index contributed by atoms with van der Waals surface area (Å²) in [5, 5.41) is 9.93. The van der Waals surface area contributed by atoms with Crippen LogP contribution in [0.2, 0.25) is 0 Å². The van der Waals surface area contributed by atoms with Gasteiger partial charge >= 0.3 is 0 Å². The fraction of sp³-hybridized carbons (Fsp3) is 0.357. The third kappa shape index (κ3) is 2.06. The van der Waals surface area contributed by atoms with Crippen molar-refractivity contribution in [1.82, 2.24) is 14.9 Å². The molecule has 3 rings (SSSR count). The van der Waals surface area contributed by atoms with Gasteiger partial charge in [0.25, 0.3) is 5.91 Å². The van der Waals surface area contributed by atoms with Gasteiger partial charge in [-0.3, -0.25) is 9.78 Å². The van der Waals surface area contributed by atoms with E-state index < -0.39 is 5.60 Å². The van der Waals surface area contributed by atoms with Crippen molar-refractivity contribution in [3.63, 3.8) is 0 Å². The van der Waals surface area contributed by atoms with Crippen molar-refractivity contribution >= 4 is 16.9 Å². The molecule has 0 saturated carbocycles. The Morgan fingerprint density at radius 1 is 1.37 bits per heavy atom. The summed E-state index contributed by atoms with van der Waals surface area (Å²) in [6, 6.07) is 7.44. The van der Waals surface area contributed by atoms with E-state index in [0.717, 1.165) is 5.52 Å². The summed E-state index contributed by atoms with van der Waals surface area (Å²) in [6.07, 6.45) is 2.15. The molecule has 1 aromatic heterocycles. The number of β-amino-alcohol motifs (C(OH)–C–C–N with tert-alkyl or cyclic N) is 1. The van der Waals surface area contributed by atoms with Gasteiger partial charge in [0.2, 0.25) is 0 Å². The first kappa shape index (κ1) is 12.0. The Labute approximate surface area is 110 Å². The monoisotopic (exact) mass is 257 g/mol. The second-order valence-corrected chi connectivity index (χ2v) is 4.98. The summed E-state index contributed by atoms with van der Waals surface area (Å²) in [4.78, 5) is 22.3. The molecule has 1 N–H and O–H groups in total. The number of likely N-dealkylation sites (tertiary alicyclic amines) is 1. The van der Waals surface area contributed by atoms with Crippen molar-refractivity contribution in [2.75, 3.05) is 13.1 Å². The molecule has 2 heterocycles. The van der Waals surface area contributed by atoms with E-state index in [4.69, 9.17) is 0 Å². The van der Waals surface area contributed by atoms with Crippen LogP contribution < -0.4 is 0 Å². The van der Waals surface area contributed by atoms with E-state index in [9.17, 15) is 9.90 Å². The van der Waals surface area contributed by atoms with Gasteiger partial charge in [0.1, 0.15) is 5.69 Å². The predicted molar refractivity (Wildman–Crippen MR) is 70.7 cm³/mol.